The van der Waals surface area contributed by atoms with Gasteiger partial charge in [-0.25, -0.2) is 0 Å². The average Bonchev–Trinajstić information content (AvgIpc) is 2.46. The smallest absolute Gasteiger partial charge is 0.270 e. The fourth-order valence-electron chi connectivity index (χ4n) is 1.84. The van der Waals surface area contributed by atoms with Crippen LogP contribution in [0.2, 0.25) is 0 Å². The van der Waals surface area contributed by atoms with Crippen LogP contribution in [0.15, 0.2) is 12.3 Å². The Hall–Kier alpha value is -1.45. The molecule has 0 bridgehead atoms. The quantitative estimate of drug-likeness (QED) is 0.701. The van der Waals surface area contributed by atoms with Crippen molar-refractivity contribution in [3.8, 4) is 0 Å². The van der Waals surface area contributed by atoms with Gasteiger partial charge < -0.3 is 15.6 Å². The average molecular weight is 193 g/mol. The zero-order valence-corrected chi connectivity index (χ0v) is 8.50. The van der Waals surface area contributed by atoms with Gasteiger partial charge in [-0.15, -0.1) is 0 Å². The molecular formula is C10H15N3O. The Morgan fingerprint density at radius 1 is 1.57 bits per heavy atom. The van der Waals surface area contributed by atoms with Gasteiger partial charge in [0.2, 0.25) is 0 Å². The number of amides is 1. The van der Waals surface area contributed by atoms with Crippen LogP contribution in [0.25, 0.3) is 0 Å². The number of aromatic amines is 1. The number of carbonyl (C=O) groups excluding carboxylic acids is 1. The molecule has 1 saturated heterocycles. The molecule has 2 heterocycles. The van der Waals surface area contributed by atoms with Gasteiger partial charge in [0.25, 0.3) is 5.91 Å². The minimum Gasteiger partial charge on any atom is -0.397 e. The van der Waals surface area contributed by atoms with E-state index in [0.717, 1.165) is 13.1 Å². The molecule has 14 heavy (non-hydrogen) atoms. The van der Waals surface area contributed by atoms with E-state index in [0.29, 0.717) is 11.4 Å². The molecule has 2 rings (SSSR count). The third-order valence-corrected chi connectivity index (χ3v) is 2.46. The third kappa shape index (κ3) is 1.47. The van der Waals surface area contributed by atoms with E-state index in [1.807, 2.05) is 4.90 Å². The molecule has 4 nitrogen and oxygen atoms in total. The first-order valence-electron chi connectivity index (χ1n) is 4.71. The number of hydrogen-bond acceptors (Lipinski definition) is 2. The number of aromatic nitrogens is 1. The molecule has 3 N–H and O–H groups in total. The number of nitrogens with two attached hydrogens (primary N) is 1. The molecule has 1 aliphatic heterocycles. The highest BCUT2D eigenvalue weighted by Crippen LogP contribution is 2.29. The standard InChI is InChI=1S/C10H15N3O/c1-10(2)5-13(6-10)9(14)8-3-7(11)4-12-8/h3-4,12H,5-6,11H2,1-2H3. The summed E-state index contributed by atoms with van der Waals surface area (Å²) >= 11 is 0. The molecule has 1 amide bonds. The normalized spacial score (nSPS) is 19.1. The van der Waals surface area contributed by atoms with Crippen LogP contribution >= 0.6 is 0 Å². The summed E-state index contributed by atoms with van der Waals surface area (Å²) in [5, 5.41) is 0. The van der Waals surface area contributed by atoms with Crippen LogP contribution in [-0.2, 0) is 0 Å². The largest absolute Gasteiger partial charge is 0.397 e. The van der Waals surface area contributed by atoms with Gasteiger partial charge in [-0.3, -0.25) is 4.79 Å². The summed E-state index contributed by atoms with van der Waals surface area (Å²) in [4.78, 5) is 16.5. The summed E-state index contributed by atoms with van der Waals surface area (Å²) in [6.07, 6.45) is 1.64. The predicted octanol–water partition coefficient (Wildman–Crippen LogP) is 1.08. The zero-order chi connectivity index (χ0) is 10.3. The van der Waals surface area contributed by atoms with Crippen molar-refractivity contribution in [3.63, 3.8) is 0 Å². The van der Waals surface area contributed by atoms with E-state index < -0.39 is 0 Å². The van der Waals surface area contributed by atoms with Crippen molar-refractivity contribution >= 4 is 11.6 Å². The highest BCUT2D eigenvalue weighted by atomic mass is 16.2. The van der Waals surface area contributed by atoms with Gasteiger partial charge in [-0.05, 0) is 11.5 Å². The second-order valence-corrected chi connectivity index (χ2v) is 4.67. The van der Waals surface area contributed by atoms with E-state index in [2.05, 4.69) is 18.8 Å². The number of rotatable bonds is 1. The number of nitrogen functional groups attached to an aromatic ring is 1. The Bertz CT molecular complexity index is 359. The Labute approximate surface area is 83.1 Å². The minimum atomic E-state index is 0.0426. The lowest BCUT2D eigenvalue weighted by Crippen LogP contribution is -2.55. The van der Waals surface area contributed by atoms with Crippen LogP contribution in [0.4, 0.5) is 5.69 Å². The maximum Gasteiger partial charge on any atom is 0.270 e. The Morgan fingerprint density at radius 3 is 2.64 bits per heavy atom. The number of anilines is 1. The number of carbonyl (C=O) groups is 1. The van der Waals surface area contributed by atoms with Crippen LogP contribution in [0, 0.1) is 5.41 Å². The minimum absolute atomic E-state index is 0.0426. The van der Waals surface area contributed by atoms with Gasteiger partial charge in [0.15, 0.2) is 0 Å². The molecule has 4 heteroatoms. The maximum absolute atomic E-state index is 11.8. The summed E-state index contributed by atoms with van der Waals surface area (Å²) < 4.78 is 0. The SMILES string of the molecule is CC1(C)CN(C(=O)c2cc(N)c[nH]2)C1. The lowest BCUT2D eigenvalue weighted by atomic mass is 9.84. The van der Waals surface area contributed by atoms with E-state index in [-0.39, 0.29) is 11.3 Å². The molecule has 1 aromatic rings. The number of H-pyrrole nitrogens is 1. The first-order chi connectivity index (χ1) is 6.48. The number of likely N-dealkylation sites (tertiary alicyclic amines) is 1. The predicted molar refractivity (Wildman–Crippen MR) is 54.9 cm³/mol. The van der Waals surface area contributed by atoms with Crippen LogP contribution in [0.5, 0.6) is 0 Å². The Balaban J connectivity index is 2.04. The van der Waals surface area contributed by atoms with E-state index in [1.54, 1.807) is 12.3 Å². The van der Waals surface area contributed by atoms with Crippen molar-refractivity contribution in [2.24, 2.45) is 5.41 Å². The summed E-state index contributed by atoms with van der Waals surface area (Å²) in [7, 11) is 0. The first kappa shape index (κ1) is 9.12. The van der Waals surface area contributed by atoms with E-state index in [4.69, 9.17) is 5.73 Å². The van der Waals surface area contributed by atoms with Crippen LogP contribution in [-0.4, -0.2) is 28.9 Å². The van der Waals surface area contributed by atoms with Crippen molar-refractivity contribution in [3.05, 3.63) is 18.0 Å². The Morgan fingerprint density at radius 2 is 2.21 bits per heavy atom. The number of hydrogen-bond donors (Lipinski definition) is 2. The lowest BCUT2D eigenvalue weighted by molar-refractivity contribution is 0.0231. The highest BCUT2D eigenvalue weighted by Gasteiger charge is 2.37. The van der Waals surface area contributed by atoms with E-state index in [9.17, 15) is 4.79 Å². The molecule has 76 valence electrons. The van der Waals surface area contributed by atoms with Crippen molar-refractivity contribution in [2.45, 2.75) is 13.8 Å². The van der Waals surface area contributed by atoms with Gasteiger partial charge >= 0.3 is 0 Å². The highest BCUT2D eigenvalue weighted by molar-refractivity contribution is 5.94. The third-order valence-electron chi connectivity index (χ3n) is 2.46. The van der Waals surface area contributed by atoms with Gasteiger partial charge in [-0.1, -0.05) is 13.8 Å². The fraction of sp³-hybridized carbons (Fsp3) is 0.500. The summed E-state index contributed by atoms with van der Waals surface area (Å²) in [5.74, 6) is 0.0426. The molecular weight excluding hydrogens is 178 g/mol. The molecule has 0 unspecified atom stereocenters. The molecule has 1 aliphatic rings. The number of nitrogens with one attached hydrogen (secondary N) is 1. The Kier molecular flexibility index (Phi) is 1.80. The molecule has 0 spiro atoms. The first-order valence-corrected chi connectivity index (χ1v) is 4.71. The van der Waals surface area contributed by atoms with E-state index >= 15 is 0 Å². The summed E-state index contributed by atoms with van der Waals surface area (Å²) in [6.45, 7) is 5.95. The van der Waals surface area contributed by atoms with Crippen LogP contribution in [0.3, 0.4) is 0 Å². The molecule has 1 aromatic heterocycles. The van der Waals surface area contributed by atoms with Crippen molar-refractivity contribution < 1.29 is 4.79 Å². The summed E-state index contributed by atoms with van der Waals surface area (Å²) in [6, 6.07) is 1.67. The van der Waals surface area contributed by atoms with Crippen molar-refractivity contribution in [1.29, 1.82) is 0 Å². The molecule has 0 aromatic carbocycles. The lowest BCUT2D eigenvalue weighted by Gasteiger charge is -2.45. The van der Waals surface area contributed by atoms with Gasteiger partial charge in [-0.2, -0.15) is 0 Å². The molecule has 0 aliphatic carbocycles. The van der Waals surface area contributed by atoms with Crippen LogP contribution < -0.4 is 5.73 Å². The van der Waals surface area contributed by atoms with E-state index in [1.165, 1.54) is 0 Å². The van der Waals surface area contributed by atoms with Crippen LogP contribution in [0.1, 0.15) is 24.3 Å². The van der Waals surface area contributed by atoms with Gasteiger partial charge in [0, 0.05) is 25.0 Å². The molecule has 1 fully saturated rings. The second-order valence-electron chi connectivity index (χ2n) is 4.67. The van der Waals surface area contributed by atoms with Gasteiger partial charge in [0.1, 0.15) is 5.69 Å². The van der Waals surface area contributed by atoms with Gasteiger partial charge in [0.05, 0.1) is 0 Å². The van der Waals surface area contributed by atoms with Crippen molar-refractivity contribution in [1.82, 2.24) is 9.88 Å². The summed E-state index contributed by atoms with van der Waals surface area (Å²) in [5.41, 5.74) is 6.99. The molecule has 0 radical (unpaired) electrons. The molecule has 0 atom stereocenters. The topological polar surface area (TPSA) is 62.1 Å². The zero-order valence-electron chi connectivity index (χ0n) is 8.50. The fourth-order valence-corrected chi connectivity index (χ4v) is 1.84. The number of nitrogens with zero attached hydrogens (tertiary/aromatic N) is 1. The monoisotopic (exact) mass is 193 g/mol. The van der Waals surface area contributed by atoms with Crippen molar-refractivity contribution in [2.75, 3.05) is 18.8 Å². The molecule has 0 saturated carbocycles. The maximum atomic E-state index is 11.8. The second kappa shape index (κ2) is 2.77.